The molecule has 1 aromatic rings. The van der Waals surface area contributed by atoms with Gasteiger partial charge in [0.25, 0.3) is 5.91 Å². The molecule has 1 spiro atoms. The van der Waals surface area contributed by atoms with Crippen LogP contribution in [0.2, 0.25) is 0 Å². The predicted octanol–water partition coefficient (Wildman–Crippen LogP) is 2.88. The number of alkyl halides is 3. The Morgan fingerprint density at radius 3 is 2.50 bits per heavy atom. The number of carbonyl (C=O) groups is 4. The van der Waals surface area contributed by atoms with E-state index in [4.69, 9.17) is 4.74 Å². The van der Waals surface area contributed by atoms with Crippen LogP contribution in [0.3, 0.4) is 0 Å². The topological polar surface area (TPSA) is 132 Å². The second-order valence-corrected chi connectivity index (χ2v) is 11.4. The molecule has 15 heteroatoms. The fourth-order valence-electron chi connectivity index (χ4n) is 5.30. The molecule has 42 heavy (non-hydrogen) atoms. The van der Waals surface area contributed by atoms with Gasteiger partial charge in [-0.15, -0.1) is 0 Å². The van der Waals surface area contributed by atoms with E-state index in [0.29, 0.717) is 18.9 Å². The van der Waals surface area contributed by atoms with Gasteiger partial charge >= 0.3 is 12.1 Å². The molecule has 0 unspecified atom stereocenters. The third kappa shape index (κ3) is 6.27. The van der Waals surface area contributed by atoms with Crippen LogP contribution in [0.5, 0.6) is 5.75 Å². The Labute approximate surface area is 238 Å². The predicted molar refractivity (Wildman–Crippen MR) is 135 cm³/mol. The summed E-state index contributed by atoms with van der Waals surface area (Å²) in [7, 11) is 1.23. The van der Waals surface area contributed by atoms with E-state index in [0.717, 1.165) is 15.9 Å². The van der Waals surface area contributed by atoms with Crippen LogP contribution in [0.25, 0.3) is 0 Å². The number of ether oxygens (including phenoxy) is 1. The van der Waals surface area contributed by atoms with E-state index in [1.54, 1.807) is 19.2 Å². The minimum absolute atomic E-state index is 0.0399. The first-order valence-corrected chi connectivity index (χ1v) is 13.4. The second-order valence-electron chi connectivity index (χ2n) is 11.4. The maximum absolute atomic E-state index is 14.2. The number of likely N-dealkylation sites (N-methyl/N-ethyl adjacent to an activating group) is 1. The van der Waals surface area contributed by atoms with Crippen LogP contribution in [0.4, 0.5) is 27.6 Å². The normalized spacial score (nSPS) is 23.0. The van der Waals surface area contributed by atoms with E-state index in [2.05, 4.69) is 5.32 Å². The van der Waals surface area contributed by atoms with Crippen LogP contribution < -0.4 is 15.4 Å². The quantitative estimate of drug-likeness (QED) is 0.442. The minimum Gasteiger partial charge on any atom is -0.473 e. The van der Waals surface area contributed by atoms with Crippen molar-refractivity contribution in [2.45, 2.75) is 75.9 Å². The molecule has 1 aliphatic carbocycles. The number of benzene rings is 1. The Kier molecular flexibility index (Phi) is 8.39. The molecule has 2 fully saturated rings. The average molecular weight is 600 g/mol. The molecular formula is C27H30F5N5O5. The van der Waals surface area contributed by atoms with Crippen LogP contribution in [0.1, 0.15) is 46.0 Å². The molecule has 1 saturated heterocycles. The summed E-state index contributed by atoms with van der Waals surface area (Å²) in [6, 6.07) is -0.723. The highest BCUT2D eigenvalue weighted by molar-refractivity contribution is 6.02. The first kappa shape index (κ1) is 31.0. The molecule has 0 radical (unpaired) electrons. The molecule has 1 saturated carbocycles. The number of nitrogens with one attached hydrogen (secondary N) is 2. The van der Waals surface area contributed by atoms with Gasteiger partial charge in [-0.2, -0.15) is 18.4 Å². The smallest absolute Gasteiger partial charge is 0.471 e. The van der Waals surface area contributed by atoms with Gasteiger partial charge in [-0.1, -0.05) is 26.7 Å². The first-order chi connectivity index (χ1) is 19.6. The summed E-state index contributed by atoms with van der Waals surface area (Å²) in [6.45, 7) is 2.99. The first-order valence-electron chi connectivity index (χ1n) is 13.4. The van der Waals surface area contributed by atoms with Crippen molar-refractivity contribution in [1.29, 1.82) is 5.26 Å². The lowest BCUT2D eigenvalue weighted by molar-refractivity contribution is -0.175. The molecule has 3 aliphatic rings. The van der Waals surface area contributed by atoms with E-state index < -0.39 is 77.4 Å². The molecular weight excluding hydrogens is 569 g/mol. The maximum atomic E-state index is 14.2. The van der Waals surface area contributed by atoms with Crippen LogP contribution in [-0.4, -0.2) is 76.9 Å². The number of likely N-dealkylation sites (tertiary alicyclic amines) is 1. The molecule has 4 rings (SSSR count). The van der Waals surface area contributed by atoms with Gasteiger partial charge in [-0.3, -0.25) is 19.2 Å². The van der Waals surface area contributed by atoms with Crippen LogP contribution >= 0.6 is 0 Å². The SMILES string of the molecule is CC(C)C[C@@H](C(=O)N1C[C@@]2(C[C@H]1C#N)Oc1cc(F)cc(F)c1NC2=O)N(C)C(=O)[C@H](CC1CC1)NC(=O)C(F)(F)F. The largest absolute Gasteiger partial charge is 0.473 e. The van der Waals surface area contributed by atoms with E-state index in [1.165, 1.54) is 7.05 Å². The van der Waals surface area contributed by atoms with E-state index >= 15 is 0 Å². The highest BCUT2D eigenvalue weighted by atomic mass is 19.4. The van der Waals surface area contributed by atoms with Crippen molar-refractivity contribution in [3.05, 3.63) is 23.8 Å². The maximum Gasteiger partial charge on any atom is 0.471 e. The molecule has 2 heterocycles. The van der Waals surface area contributed by atoms with Crippen molar-refractivity contribution < 1.29 is 45.9 Å². The van der Waals surface area contributed by atoms with Crippen molar-refractivity contribution in [1.82, 2.24) is 15.1 Å². The summed E-state index contributed by atoms with van der Waals surface area (Å²) in [4.78, 5) is 54.2. The number of rotatable bonds is 8. The van der Waals surface area contributed by atoms with Gasteiger partial charge in [-0.25, -0.2) is 8.78 Å². The van der Waals surface area contributed by atoms with Crippen molar-refractivity contribution >= 4 is 29.3 Å². The Morgan fingerprint density at radius 1 is 1.26 bits per heavy atom. The summed E-state index contributed by atoms with van der Waals surface area (Å²) < 4.78 is 72.8. The molecule has 0 bridgehead atoms. The lowest BCUT2D eigenvalue weighted by Gasteiger charge is -2.36. The number of anilines is 1. The van der Waals surface area contributed by atoms with Crippen molar-refractivity contribution in [3.8, 4) is 11.8 Å². The Morgan fingerprint density at radius 2 is 1.93 bits per heavy atom. The highest BCUT2D eigenvalue weighted by Crippen LogP contribution is 2.42. The number of halogens is 5. The standard InChI is InChI=1S/C27H30F5N5O5/c1-13(2)6-19(36(3)22(38)18(7-14-4-5-14)34-25(41)27(30,31)32)23(39)37-12-26(10-16(37)11-33)24(40)35-21-17(29)8-15(28)9-20(21)42-26/h8-9,13-14,16,18-19H,4-7,10,12H2,1-3H3,(H,34,41)(H,35,40)/t16-,18-,19-,26+/m0/s1. The molecule has 10 nitrogen and oxygen atoms in total. The van der Waals surface area contributed by atoms with Crippen LogP contribution in [0, 0.1) is 34.8 Å². The van der Waals surface area contributed by atoms with Gasteiger partial charge in [0.1, 0.15) is 29.6 Å². The summed E-state index contributed by atoms with van der Waals surface area (Å²) in [6.07, 6.45) is -4.20. The molecule has 2 N–H and O–H groups in total. The third-order valence-electron chi connectivity index (χ3n) is 7.66. The van der Waals surface area contributed by atoms with Gasteiger partial charge in [0, 0.05) is 25.6 Å². The van der Waals surface area contributed by atoms with Gasteiger partial charge in [-0.05, 0) is 24.7 Å². The fourth-order valence-corrected chi connectivity index (χ4v) is 5.30. The average Bonchev–Trinajstić information content (AvgIpc) is 3.64. The fraction of sp³-hybridized carbons (Fsp3) is 0.593. The van der Waals surface area contributed by atoms with Gasteiger partial charge in [0.2, 0.25) is 17.4 Å². The minimum atomic E-state index is -5.22. The summed E-state index contributed by atoms with van der Waals surface area (Å²) in [5, 5.41) is 13.9. The zero-order chi connectivity index (χ0) is 31.1. The Balaban J connectivity index is 1.60. The monoisotopic (exact) mass is 599 g/mol. The third-order valence-corrected chi connectivity index (χ3v) is 7.66. The number of carbonyl (C=O) groups excluding carboxylic acids is 4. The zero-order valence-corrected chi connectivity index (χ0v) is 23.1. The van der Waals surface area contributed by atoms with Crippen LogP contribution in [-0.2, 0) is 19.2 Å². The summed E-state index contributed by atoms with van der Waals surface area (Å²) in [5.41, 5.74) is -2.26. The Hall–Kier alpha value is -3.96. The van der Waals surface area contributed by atoms with E-state index in [-0.39, 0.29) is 36.8 Å². The number of nitrogens with zero attached hydrogens (tertiary/aromatic N) is 3. The van der Waals surface area contributed by atoms with Crippen LogP contribution in [0.15, 0.2) is 12.1 Å². The van der Waals surface area contributed by atoms with E-state index in [9.17, 15) is 46.4 Å². The molecule has 4 atom stereocenters. The lowest BCUT2D eigenvalue weighted by Crippen LogP contribution is -2.58. The summed E-state index contributed by atoms with van der Waals surface area (Å²) in [5.74, 6) is -7.46. The number of hydrogen-bond acceptors (Lipinski definition) is 6. The van der Waals surface area contributed by atoms with Gasteiger partial charge in [0.15, 0.2) is 11.6 Å². The Bertz CT molecular complexity index is 1330. The lowest BCUT2D eigenvalue weighted by atomic mass is 9.97. The number of nitriles is 1. The van der Waals surface area contributed by atoms with Crippen molar-refractivity contribution in [3.63, 3.8) is 0 Å². The van der Waals surface area contributed by atoms with Crippen molar-refractivity contribution in [2.75, 3.05) is 18.9 Å². The van der Waals surface area contributed by atoms with Gasteiger partial charge in [0.05, 0.1) is 12.6 Å². The molecule has 4 amide bonds. The van der Waals surface area contributed by atoms with Gasteiger partial charge < -0.3 is 25.2 Å². The number of hydrogen-bond donors (Lipinski definition) is 2. The number of fused-ring (bicyclic) bond motifs is 1. The molecule has 2 aliphatic heterocycles. The second kappa shape index (κ2) is 11.4. The highest BCUT2D eigenvalue weighted by Gasteiger charge is 2.57. The van der Waals surface area contributed by atoms with Crippen molar-refractivity contribution in [2.24, 2.45) is 11.8 Å². The number of amides is 4. The van der Waals surface area contributed by atoms with E-state index in [1.807, 2.05) is 6.07 Å². The summed E-state index contributed by atoms with van der Waals surface area (Å²) >= 11 is 0. The molecule has 0 aromatic heterocycles. The molecule has 228 valence electrons. The zero-order valence-electron chi connectivity index (χ0n) is 23.1. The molecule has 1 aromatic carbocycles.